The quantitative estimate of drug-likeness (QED) is 0.878. The number of hydrogen-bond donors (Lipinski definition) is 1. The van der Waals surface area contributed by atoms with E-state index in [4.69, 9.17) is 5.73 Å². The van der Waals surface area contributed by atoms with Gasteiger partial charge in [-0.25, -0.2) is 9.97 Å². The van der Waals surface area contributed by atoms with Crippen LogP contribution in [0, 0.1) is 0 Å². The smallest absolute Gasteiger partial charge is 0.161 e. The first-order chi connectivity index (χ1) is 9.15. The van der Waals surface area contributed by atoms with Crippen LogP contribution in [0.15, 0.2) is 28.9 Å². The maximum atomic E-state index is 5.81. The predicted molar refractivity (Wildman–Crippen MR) is 81.2 cm³/mol. The molecule has 0 atom stereocenters. The summed E-state index contributed by atoms with van der Waals surface area (Å²) in [7, 11) is 2.13. The average Bonchev–Trinajstić information content (AvgIpc) is 2.42. The largest absolute Gasteiger partial charge is 0.383 e. The van der Waals surface area contributed by atoms with Gasteiger partial charge in [-0.3, -0.25) is 0 Å². The fraction of sp³-hybridized carbons (Fsp3) is 0.286. The number of halogens is 1. The summed E-state index contributed by atoms with van der Waals surface area (Å²) >= 11 is 3.31. The number of hydrogen-bond acceptors (Lipinski definition) is 4. The van der Waals surface area contributed by atoms with Crippen molar-refractivity contribution in [2.45, 2.75) is 12.8 Å². The highest BCUT2D eigenvalue weighted by Gasteiger charge is 2.15. The van der Waals surface area contributed by atoms with Crippen LogP contribution < -0.4 is 10.6 Å². The topological polar surface area (TPSA) is 55.0 Å². The molecule has 2 aromatic rings. The number of rotatable bonds is 1. The van der Waals surface area contributed by atoms with Crippen molar-refractivity contribution < 1.29 is 0 Å². The lowest BCUT2D eigenvalue weighted by Gasteiger charge is -2.27. The summed E-state index contributed by atoms with van der Waals surface area (Å²) in [6.07, 6.45) is 4.00. The van der Waals surface area contributed by atoms with Crippen molar-refractivity contribution in [3.05, 3.63) is 34.4 Å². The van der Waals surface area contributed by atoms with Gasteiger partial charge in [-0.2, -0.15) is 0 Å². The zero-order chi connectivity index (χ0) is 13.4. The molecule has 1 aromatic heterocycles. The molecule has 2 N–H and O–H groups in total. The molecular weight excluding hydrogens is 304 g/mol. The van der Waals surface area contributed by atoms with Gasteiger partial charge in [-0.1, -0.05) is 0 Å². The molecule has 98 valence electrons. The van der Waals surface area contributed by atoms with E-state index in [1.165, 1.54) is 17.7 Å². The van der Waals surface area contributed by atoms with Crippen LogP contribution in [0.25, 0.3) is 11.4 Å². The number of fused-ring (bicyclic) bond motifs is 1. The Morgan fingerprint density at radius 1 is 1.37 bits per heavy atom. The molecule has 0 bridgehead atoms. The van der Waals surface area contributed by atoms with E-state index in [1.54, 1.807) is 6.20 Å². The second-order valence-corrected chi connectivity index (χ2v) is 5.65. The van der Waals surface area contributed by atoms with Crippen LogP contribution in [0.5, 0.6) is 0 Å². The number of nitrogen functional groups attached to an aromatic ring is 1. The van der Waals surface area contributed by atoms with Gasteiger partial charge in [0.2, 0.25) is 0 Å². The Balaban J connectivity index is 2.04. The normalized spacial score (nSPS) is 14.3. The highest BCUT2D eigenvalue weighted by molar-refractivity contribution is 9.10. The van der Waals surface area contributed by atoms with Crippen LogP contribution >= 0.6 is 15.9 Å². The number of aryl methyl sites for hydroxylation is 1. The average molecular weight is 319 g/mol. The van der Waals surface area contributed by atoms with Crippen molar-refractivity contribution in [2.24, 2.45) is 0 Å². The summed E-state index contributed by atoms with van der Waals surface area (Å²) in [6, 6.07) is 6.38. The van der Waals surface area contributed by atoms with Crippen molar-refractivity contribution in [2.75, 3.05) is 24.2 Å². The Morgan fingerprint density at radius 3 is 3.00 bits per heavy atom. The van der Waals surface area contributed by atoms with Crippen LogP contribution in [0.4, 0.5) is 11.5 Å². The molecule has 4 nitrogen and oxygen atoms in total. The number of nitrogens with two attached hydrogens (primary N) is 1. The number of aromatic nitrogens is 2. The maximum Gasteiger partial charge on any atom is 0.161 e. The molecule has 0 radical (unpaired) electrons. The van der Waals surface area contributed by atoms with Crippen LogP contribution in [0.3, 0.4) is 0 Å². The number of nitrogens with zero attached hydrogens (tertiary/aromatic N) is 3. The minimum atomic E-state index is 0.472. The SMILES string of the molecule is CN1CCCc2cc(-c3ncc(Br)c(N)n3)ccc21. The Morgan fingerprint density at radius 2 is 2.21 bits per heavy atom. The molecule has 0 saturated heterocycles. The van der Waals surface area contributed by atoms with Crippen molar-refractivity contribution in [1.82, 2.24) is 9.97 Å². The number of benzene rings is 1. The van der Waals surface area contributed by atoms with Crippen LogP contribution in [0.2, 0.25) is 0 Å². The fourth-order valence-electron chi connectivity index (χ4n) is 2.44. The molecule has 19 heavy (non-hydrogen) atoms. The highest BCUT2D eigenvalue weighted by atomic mass is 79.9. The first-order valence-corrected chi connectivity index (χ1v) is 7.07. The van der Waals surface area contributed by atoms with E-state index >= 15 is 0 Å². The lowest BCUT2D eigenvalue weighted by atomic mass is 9.99. The summed E-state index contributed by atoms with van der Waals surface area (Å²) < 4.78 is 0.731. The van der Waals surface area contributed by atoms with E-state index in [0.717, 1.165) is 23.0 Å². The van der Waals surface area contributed by atoms with Gasteiger partial charge in [0.05, 0.1) is 4.47 Å². The first kappa shape index (κ1) is 12.4. The molecule has 1 aliphatic heterocycles. The van der Waals surface area contributed by atoms with Gasteiger partial charge >= 0.3 is 0 Å². The second kappa shape index (κ2) is 4.81. The maximum absolute atomic E-state index is 5.81. The van der Waals surface area contributed by atoms with E-state index in [0.29, 0.717) is 11.6 Å². The summed E-state index contributed by atoms with van der Waals surface area (Å²) in [5.74, 6) is 1.15. The molecule has 0 unspecified atom stereocenters. The van der Waals surface area contributed by atoms with Crippen LogP contribution in [0.1, 0.15) is 12.0 Å². The Labute approximate surface area is 120 Å². The monoisotopic (exact) mass is 318 g/mol. The molecule has 0 fully saturated rings. The molecule has 5 heteroatoms. The van der Waals surface area contributed by atoms with Gasteiger partial charge in [0.25, 0.3) is 0 Å². The van der Waals surface area contributed by atoms with Crippen LogP contribution in [-0.4, -0.2) is 23.6 Å². The molecule has 0 aliphatic carbocycles. The minimum absolute atomic E-state index is 0.472. The number of anilines is 2. The predicted octanol–water partition coefficient (Wildman–Crippen LogP) is 2.87. The second-order valence-electron chi connectivity index (χ2n) is 4.80. The summed E-state index contributed by atoms with van der Waals surface area (Å²) in [6.45, 7) is 1.12. The van der Waals surface area contributed by atoms with Gasteiger partial charge in [-0.15, -0.1) is 0 Å². The Bertz CT molecular complexity index is 627. The summed E-state index contributed by atoms with van der Waals surface area (Å²) in [5.41, 5.74) is 9.50. The van der Waals surface area contributed by atoms with E-state index in [1.807, 2.05) is 0 Å². The van der Waals surface area contributed by atoms with E-state index < -0.39 is 0 Å². The third kappa shape index (κ3) is 2.30. The van der Waals surface area contributed by atoms with Gasteiger partial charge < -0.3 is 10.6 Å². The van der Waals surface area contributed by atoms with E-state index in [-0.39, 0.29) is 0 Å². The lowest BCUT2D eigenvalue weighted by Crippen LogP contribution is -2.24. The van der Waals surface area contributed by atoms with Gasteiger partial charge in [0.15, 0.2) is 5.82 Å². The van der Waals surface area contributed by atoms with Crippen molar-refractivity contribution in [3.8, 4) is 11.4 Å². The zero-order valence-electron chi connectivity index (χ0n) is 10.7. The van der Waals surface area contributed by atoms with Gasteiger partial charge in [0.1, 0.15) is 5.82 Å². The van der Waals surface area contributed by atoms with Crippen molar-refractivity contribution in [3.63, 3.8) is 0 Å². The van der Waals surface area contributed by atoms with E-state index in [2.05, 4.69) is 56.0 Å². The standard InChI is InChI=1S/C14H15BrN4/c1-19-6-2-3-9-7-10(4-5-12(9)19)14-17-8-11(15)13(16)18-14/h4-5,7-8H,2-3,6H2,1H3,(H2,16,17,18). The Hall–Kier alpha value is -1.62. The van der Waals surface area contributed by atoms with Crippen LogP contribution in [-0.2, 0) is 6.42 Å². The summed E-state index contributed by atoms with van der Waals surface area (Å²) in [5, 5.41) is 0. The van der Waals surface area contributed by atoms with E-state index in [9.17, 15) is 0 Å². The summed E-state index contributed by atoms with van der Waals surface area (Å²) in [4.78, 5) is 10.9. The zero-order valence-corrected chi connectivity index (χ0v) is 12.3. The fourth-order valence-corrected chi connectivity index (χ4v) is 2.63. The van der Waals surface area contributed by atoms with Crippen molar-refractivity contribution >= 4 is 27.4 Å². The molecule has 0 saturated carbocycles. The lowest BCUT2D eigenvalue weighted by molar-refractivity contribution is 0.744. The molecule has 2 heterocycles. The molecule has 3 rings (SSSR count). The first-order valence-electron chi connectivity index (χ1n) is 6.27. The molecular formula is C14H15BrN4. The third-order valence-electron chi connectivity index (χ3n) is 3.46. The van der Waals surface area contributed by atoms with Crippen molar-refractivity contribution in [1.29, 1.82) is 0 Å². The van der Waals surface area contributed by atoms with Gasteiger partial charge in [0, 0.05) is 31.0 Å². The Kier molecular flexibility index (Phi) is 3.14. The molecule has 0 amide bonds. The third-order valence-corrected chi connectivity index (χ3v) is 4.07. The molecule has 0 spiro atoms. The highest BCUT2D eigenvalue weighted by Crippen LogP contribution is 2.30. The molecule has 1 aromatic carbocycles. The molecule has 1 aliphatic rings. The minimum Gasteiger partial charge on any atom is -0.383 e. The van der Waals surface area contributed by atoms with Gasteiger partial charge in [-0.05, 0) is 52.5 Å².